The van der Waals surface area contributed by atoms with E-state index in [1.54, 1.807) is 14.2 Å². The van der Waals surface area contributed by atoms with Gasteiger partial charge in [0.2, 0.25) is 0 Å². The maximum Gasteiger partial charge on any atom is 0.119 e. The van der Waals surface area contributed by atoms with Gasteiger partial charge in [0.05, 0.1) is 25.6 Å². The molecule has 0 fully saturated rings. The van der Waals surface area contributed by atoms with E-state index in [-0.39, 0.29) is 0 Å². The van der Waals surface area contributed by atoms with Gasteiger partial charge in [-0.1, -0.05) is 161 Å². The Hall–Kier alpha value is -8.86. The van der Waals surface area contributed by atoms with Crippen LogP contribution in [-0.4, -0.2) is 14.2 Å². The van der Waals surface area contributed by atoms with Gasteiger partial charge in [-0.25, -0.2) is 0 Å². The summed E-state index contributed by atoms with van der Waals surface area (Å²) in [5.74, 6) is 2.51. The van der Waals surface area contributed by atoms with Gasteiger partial charge < -0.3 is 19.3 Å². The predicted octanol–water partition coefficient (Wildman–Crippen LogP) is 20.0. The van der Waals surface area contributed by atoms with Crippen molar-refractivity contribution in [1.82, 2.24) is 0 Å². The molecule has 0 saturated carbocycles. The molecule has 0 bridgehead atoms. The average Bonchev–Trinajstić information content (AvgIpc) is 3.97. The number of anilines is 6. The molecule has 0 unspecified atom stereocenters. The summed E-state index contributed by atoms with van der Waals surface area (Å²) in [7, 11) is 3.45. The van der Waals surface area contributed by atoms with Crippen molar-refractivity contribution in [3.63, 3.8) is 0 Å². The van der Waals surface area contributed by atoms with Crippen LogP contribution in [0.3, 0.4) is 0 Å². The molecule has 13 rings (SSSR count). The summed E-state index contributed by atoms with van der Waals surface area (Å²) >= 11 is 0. The van der Waals surface area contributed by atoms with E-state index in [0.717, 1.165) is 45.6 Å². The highest BCUT2D eigenvalue weighted by atomic mass is 16.5. The van der Waals surface area contributed by atoms with Gasteiger partial charge in [-0.15, -0.1) is 0 Å². The molecule has 13 aromatic carbocycles. The van der Waals surface area contributed by atoms with Crippen LogP contribution in [0, 0.1) is 0 Å². The first-order valence-corrected chi connectivity index (χ1v) is 25.9. The molecule has 0 amide bonds. The minimum atomic E-state index is 0.426. The van der Waals surface area contributed by atoms with Crippen LogP contribution in [0.4, 0.5) is 34.1 Å². The number of ether oxygens (including phenoxy) is 2. The van der Waals surface area contributed by atoms with Crippen LogP contribution in [0.2, 0.25) is 0 Å². The Morgan fingerprint density at radius 1 is 0.284 bits per heavy atom. The van der Waals surface area contributed by atoms with E-state index < -0.39 is 0 Å². The summed E-state index contributed by atoms with van der Waals surface area (Å²) in [5.41, 5.74) is 14.1. The van der Waals surface area contributed by atoms with Gasteiger partial charge in [0.1, 0.15) is 11.5 Å². The van der Waals surface area contributed by atoms with E-state index in [9.17, 15) is 0 Å². The first-order chi connectivity index (χ1) is 36.3. The highest BCUT2D eigenvalue weighted by Crippen LogP contribution is 2.57. The van der Waals surface area contributed by atoms with Crippen molar-refractivity contribution < 1.29 is 9.47 Å². The molecule has 0 aliphatic carbocycles. The molecule has 74 heavy (non-hydrogen) atoms. The first kappa shape index (κ1) is 45.0. The Labute approximate surface area is 432 Å². The van der Waals surface area contributed by atoms with Crippen LogP contribution >= 0.6 is 0 Å². The molecular weight excluding hydrogens is 901 g/mol. The van der Waals surface area contributed by atoms with Crippen molar-refractivity contribution in [1.29, 1.82) is 0 Å². The summed E-state index contributed by atoms with van der Waals surface area (Å²) in [5, 5.41) is 15.0. The molecule has 0 aliphatic heterocycles. The second-order valence-corrected chi connectivity index (χ2v) is 20.3. The average molecular weight is 957 g/mol. The predicted molar refractivity (Wildman–Crippen MR) is 315 cm³/mol. The number of benzene rings is 11. The van der Waals surface area contributed by atoms with Crippen LogP contribution in [0.25, 0.3) is 86.9 Å². The smallest absolute Gasteiger partial charge is 0.119 e. The zero-order chi connectivity index (χ0) is 50.2. The Morgan fingerprint density at radius 3 is 0.919 bits per heavy atom. The van der Waals surface area contributed by atoms with Gasteiger partial charge in [0, 0.05) is 33.5 Å². The van der Waals surface area contributed by atoms with Gasteiger partial charge in [-0.05, 0) is 184 Å². The van der Waals surface area contributed by atoms with Crippen LogP contribution in [-0.2, 0) is 0 Å². The summed E-state index contributed by atoms with van der Waals surface area (Å²) in [6.45, 7) is 9.01. The second-order valence-electron chi connectivity index (χ2n) is 20.3. The summed E-state index contributed by atoms with van der Waals surface area (Å²) < 4.78 is 11.3. The molecule has 0 radical (unpaired) electrons. The Kier molecular flexibility index (Phi) is 11.0. The van der Waals surface area contributed by atoms with Crippen molar-refractivity contribution >= 4 is 98.8 Å². The van der Waals surface area contributed by atoms with Gasteiger partial charge >= 0.3 is 0 Å². The second kappa shape index (κ2) is 18.0. The normalized spacial score (nSPS) is 11.9. The number of rotatable bonds is 12. The Balaban J connectivity index is 1.15. The monoisotopic (exact) mass is 956 g/mol. The van der Waals surface area contributed by atoms with Crippen LogP contribution in [0.15, 0.2) is 218 Å². The van der Waals surface area contributed by atoms with Crippen molar-refractivity contribution in [3.05, 3.63) is 230 Å². The minimum Gasteiger partial charge on any atom is -0.497 e. The molecule has 4 nitrogen and oxygen atoms in total. The lowest BCUT2D eigenvalue weighted by Crippen LogP contribution is -2.10. The van der Waals surface area contributed by atoms with E-state index in [4.69, 9.17) is 9.47 Å². The van der Waals surface area contributed by atoms with Gasteiger partial charge in [-0.2, -0.15) is 0 Å². The molecule has 0 heterocycles. The van der Waals surface area contributed by atoms with E-state index in [0.29, 0.717) is 11.8 Å². The highest BCUT2D eigenvalue weighted by molar-refractivity contribution is 6.47. The molecule has 0 aromatic heterocycles. The minimum absolute atomic E-state index is 0.426. The third kappa shape index (κ3) is 7.11. The fraction of sp³-hybridized carbons (Fsp3) is 0.114. The molecule has 0 N–H and O–H groups in total. The van der Waals surface area contributed by atoms with Crippen LogP contribution in [0.5, 0.6) is 11.5 Å². The van der Waals surface area contributed by atoms with Crippen molar-refractivity contribution in [2.75, 3.05) is 24.0 Å². The zero-order valence-electron chi connectivity index (χ0n) is 42.7. The molecule has 0 saturated heterocycles. The lowest BCUT2D eigenvalue weighted by Gasteiger charge is -2.27. The van der Waals surface area contributed by atoms with Crippen molar-refractivity contribution in [3.8, 4) is 33.8 Å². The van der Waals surface area contributed by atoms with Gasteiger partial charge in [0.25, 0.3) is 0 Å². The highest BCUT2D eigenvalue weighted by Gasteiger charge is 2.30. The number of hydrogen-bond acceptors (Lipinski definition) is 4. The summed E-state index contributed by atoms with van der Waals surface area (Å²) in [6.07, 6.45) is 0. The number of methoxy groups -OCH3 is 2. The van der Waals surface area contributed by atoms with Crippen molar-refractivity contribution in [2.45, 2.75) is 39.5 Å². The van der Waals surface area contributed by atoms with E-state index >= 15 is 0 Å². The first-order valence-electron chi connectivity index (χ1n) is 25.9. The molecule has 0 aliphatic rings. The number of hydrogen-bond donors (Lipinski definition) is 0. The number of fused-ring (bicyclic) bond motifs is 6. The number of nitrogens with zero attached hydrogens (tertiary/aromatic N) is 2. The van der Waals surface area contributed by atoms with Gasteiger partial charge in [0.15, 0.2) is 0 Å². The van der Waals surface area contributed by atoms with E-state index in [1.165, 1.54) is 98.0 Å². The van der Waals surface area contributed by atoms with Crippen molar-refractivity contribution in [2.24, 2.45) is 0 Å². The topological polar surface area (TPSA) is 24.9 Å². The molecule has 4 heteroatoms. The fourth-order valence-corrected chi connectivity index (χ4v) is 12.0. The standard InChI is InChI=1S/C70H56N2O2/c1-43(2)45-23-27-49(28-24-45)71(51-31-35-53(73-5)36-32-51)61-41-39-59-65-55(61)19-13-21-57(65)67-63(47-15-9-7-10-16-47)68-58-22-14-20-56-62(42-40-60(66(56)58)70(68)64(69(59)67)48-17-11-8-12-18-48)72(52-33-37-54(74-6)38-34-52)50-29-25-46(26-30-50)44(3)4/h7-44H,1-6H3. The third-order valence-electron chi connectivity index (χ3n) is 15.5. The van der Waals surface area contributed by atoms with Crippen LogP contribution < -0.4 is 19.3 Å². The van der Waals surface area contributed by atoms with E-state index in [1.807, 2.05) is 0 Å². The molecular formula is C70H56N2O2. The SMILES string of the molecule is COc1ccc(N(c2ccc(C(C)C)cc2)c2ccc3c4c(-c5ccccc5)c5c6ccc(N(c7ccc(OC)cc7)c7ccc(C(C)C)cc7)c7cccc(c5c(-c5ccccc5)c4c4cccc2c43)c76)cc1. The maximum absolute atomic E-state index is 5.66. The summed E-state index contributed by atoms with van der Waals surface area (Å²) in [4.78, 5) is 4.82. The molecule has 358 valence electrons. The fourth-order valence-electron chi connectivity index (χ4n) is 12.0. The van der Waals surface area contributed by atoms with Crippen LogP contribution in [0.1, 0.15) is 50.7 Å². The largest absolute Gasteiger partial charge is 0.497 e. The van der Waals surface area contributed by atoms with Gasteiger partial charge in [-0.3, -0.25) is 0 Å². The van der Waals surface area contributed by atoms with E-state index in [2.05, 4.69) is 256 Å². The molecule has 0 atom stereocenters. The third-order valence-corrected chi connectivity index (χ3v) is 15.5. The Morgan fingerprint density at radius 2 is 0.595 bits per heavy atom. The zero-order valence-corrected chi connectivity index (χ0v) is 42.7. The molecule has 13 aromatic rings. The summed E-state index contributed by atoms with van der Waals surface area (Å²) in [6, 6.07) is 80.7. The lowest BCUT2D eigenvalue weighted by atomic mass is 9.87. The quantitative estimate of drug-likeness (QED) is 0.122. The lowest BCUT2D eigenvalue weighted by molar-refractivity contribution is 0.414. The Bertz CT molecular complexity index is 3840. The molecule has 0 spiro atoms. The maximum atomic E-state index is 5.66.